The van der Waals surface area contributed by atoms with Gasteiger partial charge in [-0.2, -0.15) is 132 Å². The van der Waals surface area contributed by atoms with Crippen LogP contribution < -0.4 is 31.2 Å². The first-order valence-electron chi connectivity index (χ1n) is 21.7. The van der Waals surface area contributed by atoms with E-state index >= 15 is 0 Å². The first-order chi connectivity index (χ1) is 36.6. The number of aromatic nitrogens is 2. The zero-order chi connectivity index (χ0) is 59.8. The molecule has 80 heavy (non-hydrogen) atoms. The molecule has 1 aromatic heterocycles. The Morgan fingerprint density at radius 3 is 1.05 bits per heavy atom. The molecule has 0 radical (unpaired) electrons. The number of rotatable bonds is 9. The normalized spacial score (nSPS) is 13.1. The minimum absolute atomic E-state index is 0.503. The molecule has 424 valence electrons. The molecule has 31 heteroatoms. The lowest BCUT2D eigenvalue weighted by Crippen LogP contribution is -2.75. The van der Waals surface area contributed by atoms with Gasteiger partial charge in [-0.15, -0.1) is 0 Å². The van der Waals surface area contributed by atoms with Crippen LogP contribution in [0, 0.1) is 0 Å². The van der Waals surface area contributed by atoms with Gasteiger partial charge in [0.2, 0.25) is 0 Å². The second-order valence-electron chi connectivity index (χ2n) is 17.0. The van der Waals surface area contributed by atoms with E-state index in [4.69, 9.17) is 10.3 Å². The molecule has 0 aliphatic carbocycles. The molecule has 0 saturated carbocycles. The van der Waals surface area contributed by atoms with E-state index in [1.165, 1.54) is 0 Å². The molecule has 0 bridgehead atoms. The Morgan fingerprint density at radius 1 is 0.425 bits per heavy atom. The van der Waals surface area contributed by atoms with E-state index in [1.807, 2.05) is 29.0 Å². The monoisotopic (exact) mass is 1170 g/mol. The van der Waals surface area contributed by atoms with Crippen LogP contribution in [0.5, 0.6) is 11.6 Å². The molecule has 0 spiro atoms. The van der Waals surface area contributed by atoms with Crippen molar-refractivity contribution in [1.29, 1.82) is 0 Å². The average Bonchev–Trinajstić information content (AvgIpc) is 3.34. The highest BCUT2D eigenvalue weighted by atomic mass is 19.4. The fourth-order valence-corrected chi connectivity index (χ4v) is 8.22. The van der Waals surface area contributed by atoms with Crippen molar-refractivity contribution >= 4 is 33.7 Å². The van der Waals surface area contributed by atoms with Gasteiger partial charge in [-0.05, 0) is 41.9 Å². The van der Waals surface area contributed by atoms with Crippen LogP contribution in [0.25, 0.3) is 10.4 Å². The highest BCUT2D eigenvalue weighted by Crippen LogP contribution is 2.41. The van der Waals surface area contributed by atoms with Crippen molar-refractivity contribution in [2.45, 2.75) is 56.0 Å². The molecule has 0 aliphatic rings. The summed E-state index contributed by atoms with van der Waals surface area (Å²) in [7, 11) is 0. The number of hydrogen-bond acceptors (Lipinski definition) is 3. The number of nitrogens with zero attached hydrogens (tertiary/aromatic N) is 5. The van der Waals surface area contributed by atoms with E-state index in [0.29, 0.717) is 23.9 Å². The lowest BCUT2D eigenvalue weighted by Gasteiger charge is -2.46. The predicted molar refractivity (Wildman–Crippen MR) is 235 cm³/mol. The minimum atomic E-state index is -6.13. The van der Waals surface area contributed by atoms with Gasteiger partial charge in [0, 0.05) is 16.2 Å². The van der Waals surface area contributed by atoms with Crippen LogP contribution in [0.4, 0.5) is 111 Å². The maximum absolute atomic E-state index is 14.2. The quantitative estimate of drug-likeness (QED) is 0.0361. The summed E-state index contributed by atoms with van der Waals surface area (Å²) >= 11 is 0. The largest absolute Gasteiger partial charge is 0.416 e. The van der Waals surface area contributed by atoms with Crippen LogP contribution in [-0.4, -0.2) is 11.1 Å². The van der Waals surface area contributed by atoms with Gasteiger partial charge >= 0.3 is 55.3 Å². The summed E-state index contributed by atoms with van der Waals surface area (Å²) in [6, 6.07) is 8.26. The first-order valence-corrected chi connectivity index (χ1v) is 21.7. The predicted octanol–water partition coefficient (Wildman–Crippen LogP) is 15.4. The second-order valence-corrected chi connectivity index (χ2v) is 17.0. The summed E-state index contributed by atoms with van der Waals surface area (Å²) in [5.41, 5.74) is -20.0. The Bertz CT molecular complexity index is 2970. The summed E-state index contributed by atoms with van der Waals surface area (Å²) in [6.45, 7) is 0.675. The Labute approximate surface area is 432 Å². The van der Waals surface area contributed by atoms with Crippen LogP contribution in [0.3, 0.4) is 0 Å². The van der Waals surface area contributed by atoms with Crippen molar-refractivity contribution in [3.8, 4) is 11.6 Å². The molecular weight excluding hydrogens is 1140 g/mol. The molecule has 0 fully saturated rings. The molecule has 0 unspecified atom stereocenters. The van der Waals surface area contributed by atoms with Crippen molar-refractivity contribution in [2.75, 3.05) is 0 Å². The van der Waals surface area contributed by atoms with Crippen molar-refractivity contribution in [3.63, 3.8) is 0 Å². The Balaban J connectivity index is 0.000000370. The Hall–Kier alpha value is -8.11. The SMILES string of the molecule is FC(F)(F)c1cc([B-](c2cc(C(F)(F)F)cc(C(F)(F)F)c2)(c2cc(C(F)(F)F)cc(C(F)(F)F)c2)c2cc(C(F)(F)F)cc(C(F)(F)F)c2)cc(C(F)(F)F)c1.[N-]=[N+]=Nc1cccc(Oc2cncc[n+]2Cc2ccccc2)c1. The average molecular weight is 1170 g/mol. The number of halogens is 24. The molecule has 0 saturated heterocycles. The van der Waals surface area contributed by atoms with E-state index in [2.05, 4.69) is 27.1 Å². The lowest BCUT2D eigenvalue weighted by molar-refractivity contribution is -0.692. The van der Waals surface area contributed by atoms with E-state index in [0.717, 1.165) is 5.56 Å². The van der Waals surface area contributed by atoms with Crippen molar-refractivity contribution < 1.29 is 115 Å². The number of hydrogen-bond donors (Lipinski definition) is 0. The van der Waals surface area contributed by atoms with Crippen LogP contribution in [0.1, 0.15) is 50.1 Å². The molecule has 1 heterocycles. The third-order valence-electron chi connectivity index (χ3n) is 11.6. The van der Waals surface area contributed by atoms with E-state index in [1.54, 1.807) is 36.7 Å². The van der Waals surface area contributed by atoms with E-state index < -0.39 is 195 Å². The zero-order valence-corrected chi connectivity index (χ0v) is 38.9. The summed E-state index contributed by atoms with van der Waals surface area (Å²) in [6.07, 6.45) is -49.6. The maximum Gasteiger partial charge on any atom is 0.416 e. The third kappa shape index (κ3) is 14.4. The van der Waals surface area contributed by atoms with Crippen molar-refractivity contribution in [2.24, 2.45) is 5.11 Å². The summed E-state index contributed by atoms with van der Waals surface area (Å²) < 4.78 is 349. The van der Waals surface area contributed by atoms with Crippen LogP contribution >= 0.6 is 0 Å². The smallest absolute Gasteiger partial charge is 0.404 e. The first kappa shape index (κ1) is 61.1. The van der Waals surface area contributed by atoms with Gasteiger partial charge in [-0.1, -0.05) is 96.1 Å². The molecule has 0 aliphatic heterocycles. The summed E-state index contributed by atoms with van der Waals surface area (Å²) in [5.74, 6) is 1.19. The molecule has 7 rings (SSSR count). The standard InChI is InChI=1S/C32H12BF24.C17H14N5O/c34-25(35,36)13-1-14(26(37,38)39)6-21(5-13)33(22-7-15(27(40,41)42)2-16(8-22)28(43,44)45,23-9-17(29(46,47)48)3-18(10-23)30(49,50)51)24-11-19(31(52,53)54)4-20(12-24)32(55,56)57;18-21-20-15-7-4-8-16(11-15)23-17-12-19-9-10-22(17)13-14-5-2-1-3-6-14/h1-12H;1-12H,13H2/q-1;+1. The lowest BCUT2D eigenvalue weighted by atomic mass is 9.12. The highest BCUT2D eigenvalue weighted by molar-refractivity contribution is 7.20. The summed E-state index contributed by atoms with van der Waals surface area (Å²) in [4.78, 5) is 6.89. The van der Waals surface area contributed by atoms with Gasteiger partial charge in [-0.25, -0.2) is 4.98 Å². The van der Waals surface area contributed by atoms with Crippen molar-refractivity contribution in [1.82, 2.24) is 4.98 Å². The van der Waals surface area contributed by atoms with Gasteiger partial charge in [0.15, 0.2) is 12.7 Å². The van der Waals surface area contributed by atoms with Gasteiger partial charge in [-0.3, -0.25) is 0 Å². The number of ether oxygens (including phenoxy) is 1. The van der Waals surface area contributed by atoms with Gasteiger partial charge in [0.05, 0.1) is 50.7 Å². The molecule has 0 amide bonds. The number of alkyl halides is 24. The van der Waals surface area contributed by atoms with Gasteiger partial charge in [0.25, 0.3) is 0 Å². The van der Waals surface area contributed by atoms with Gasteiger partial charge < -0.3 is 4.74 Å². The zero-order valence-electron chi connectivity index (χ0n) is 38.9. The minimum Gasteiger partial charge on any atom is -0.404 e. The molecule has 6 aromatic carbocycles. The number of benzene rings is 6. The molecule has 0 N–H and O–H groups in total. The van der Waals surface area contributed by atoms with E-state index in [9.17, 15) is 105 Å². The molecule has 6 nitrogen and oxygen atoms in total. The second kappa shape index (κ2) is 21.9. The fourth-order valence-electron chi connectivity index (χ4n) is 8.22. The molecule has 7 aromatic rings. The van der Waals surface area contributed by atoms with Gasteiger partial charge in [0.1, 0.15) is 18.1 Å². The fraction of sp³-hybridized carbons (Fsp3) is 0.184. The Morgan fingerprint density at radius 2 is 0.750 bits per heavy atom. The third-order valence-corrected chi connectivity index (χ3v) is 11.6. The molecule has 0 atom stereocenters. The van der Waals surface area contributed by atoms with Crippen LogP contribution in [0.15, 0.2) is 151 Å². The van der Waals surface area contributed by atoms with E-state index in [-0.39, 0.29) is 0 Å². The van der Waals surface area contributed by atoms with Crippen LogP contribution in [0.2, 0.25) is 0 Å². The topological polar surface area (TPSA) is 74.8 Å². The Kier molecular flexibility index (Phi) is 16.7. The maximum atomic E-state index is 14.2. The number of azide groups is 1. The highest BCUT2D eigenvalue weighted by Gasteiger charge is 2.47. The van der Waals surface area contributed by atoms with Crippen LogP contribution in [-0.2, 0) is 56.0 Å². The molecular formula is C49H26BF24N5O. The van der Waals surface area contributed by atoms with Crippen molar-refractivity contribution in [3.05, 3.63) is 206 Å². The summed E-state index contributed by atoms with van der Waals surface area (Å²) in [5, 5.41) is 3.58.